The Bertz CT molecular complexity index is 890. The van der Waals surface area contributed by atoms with Crippen molar-refractivity contribution in [2.24, 2.45) is 0 Å². The van der Waals surface area contributed by atoms with Crippen molar-refractivity contribution in [3.05, 3.63) is 61.2 Å². The van der Waals surface area contributed by atoms with E-state index in [4.69, 9.17) is 27.2 Å². The van der Waals surface area contributed by atoms with Gasteiger partial charge in [-0.05, 0) is 34.1 Å². The van der Waals surface area contributed by atoms with Crippen molar-refractivity contribution < 1.29 is 27.2 Å². The van der Waals surface area contributed by atoms with E-state index in [1.165, 1.54) is 0 Å². The zero-order chi connectivity index (χ0) is 28.8. The molecule has 0 saturated carbocycles. The number of hydrogen-bond donors (Lipinski definition) is 0. The van der Waals surface area contributed by atoms with Crippen LogP contribution < -0.4 is 0 Å². The Labute approximate surface area is 239 Å². The van der Waals surface area contributed by atoms with Crippen molar-refractivity contribution in [1.82, 2.24) is 0 Å². The van der Waals surface area contributed by atoms with Crippen LogP contribution in [0.2, 0.25) is 22.2 Å². The molecule has 0 aromatic heterocycles. The maximum absolute atomic E-state index is 7.41. The SMILES string of the molecule is C=CCO[C@@H]1[C@@H](OCc2ccccc2)[C@@H]2O[Si](C(C)C)(C(C)C)O[Si](C(C)C)(C(C)C)OC[C@H]2O[C@H]1CC=C. The van der Waals surface area contributed by atoms with Gasteiger partial charge in [-0.1, -0.05) is 97.9 Å². The predicted molar refractivity (Wildman–Crippen MR) is 162 cm³/mol. The molecule has 8 heteroatoms. The van der Waals surface area contributed by atoms with E-state index in [0.29, 0.717) is 26.2 Å². The predicted octanol–water partition coefficient (Wildman–Crippen LogP) is 7.44. The van der Waals surface area contributed by atoms with Crippen LogP contribution >= 0.6 is 0 Å². The quantitative estimate of drug-likeness (QED) is 0.190. The van der Waals surface area contributed by atoms with Gasteiger partial charge in [0.15, 0.2) is 0 Å². The van der Waals surface area contributed by atoms with Gasteiger partial charge in [-0.15, -0.1) is 13.2 Å². The summed E-state index contributed by atoms with van der Waals surface area (Å²) in [6.07, 6.45) is 2.62. The maximum Gasteiger partial charge on any atom is 0.335 e. The Kier molecular flexibility index (Phi) is 11.8. The van der Waals surface area contributed by atoms with Crippen LogP contribution in [0.25, 0.3) is 0 Å². The minimum atomic E-state index is -2.86. The molecule has 2 fully saturated rings. The molecule has 5 atom stereocenters. The van der Waals surface area contributed by atoms with E-state index < -0.39 is 23.2 Å². The molecule has 2 aliphatic heterocycles. The van der Waals surface area contributed by atoms with Crippen LogP contribution in [0.1, 0.15) is 67.4 Å². The molecule has 0 unspecified atom stereocenters. The van der Waals surface area contributed by atoms with Gasteiger partial charge in [0.25, 0.3) is 0 Å². The van der Waals surface area contributed by atoms with Gasteiger partial charge in [-0.2, -0.15) is 0 Å². The summed E-state index contributed by atoms with van der Waals surface area (Å²) in [4.78, 5) is 0. The van der Waals surface area contributed by atoms with Gasteiger partial charge in [0.1, 0.15) is 24.4 Å². The highest BCUT2D eigenvalue weighted by Gasteiger charge is 2.61. The van der Waals surface area contributed by atoms with E-state index in [1.54, 1.807) is 6.08 Å². The van der Waals surface area contributed by atoms with Crippen molar-refractivity contribution in [2.45, 2.75) is 121 Å². The molecule has 2 aliphatic rings. The molecular formula is C31H52O6Si2. The Hall–Kier alpha value is -1.11. The number of fused-ring (bicyclic) bond motifs is 1. The van der Waals surface area contributed by atoms with Crippen molar-refractivity contribution >= 4 is 17.1 Å². The molecule has 6 nitrogen and oxygen atoms in total. The number of ether oxygens (including phenoxy) is 3. The Morgan fingerprint density at radius 2 is 1.46 bits per heavy atom. The summed E-state index contributed by atoms with van der Waals surface area (Å²) in [6.45, 7) is 27.0. The fourth-order valence-corrected chi connectivity index (χ4v) is 17.3. The molecule has 0 aliphatic carbocycles. The van der Waals surface area contributed by atoms with Crippen molar-refractivity contribution in [1.29, 1.82) is 0 Å². The number of hydrogen-bond acceptors (Lipinski definition) is 6. The standard InChI is InChI=1S/C31H52O6Si2/c1-11-16-27-29(32-19-12-2)31(33-20-26-17-14-13-15-18-26)30-28(35-27)21-34-38(22(3)4,23(5)6)37-39(36-30,24(7)8)25(9)10/h11-15,17-18,22-25,27-31H,1-2,16,19-21H2,3-10H3/t27-,28+,29-,30+,31+/m0/s1. The molecule has 0 N–H and O–H groups in total. The van der Waals surface area contributed by atoms with E-state index in [-0.39, 0.29) is 46.6 Å². The summed E-state index contributed by atoms with van der Waals surface area (Å²) in [5.74, 6) is 0. The average molecular weight is 577 g/mol. The zero-order valence-electron chi connectivity index (χ0n) is 25.4. The molecule has 39 heavy (non-hydrogen) atoms. The first-order valence-electron chi connectivity index (χ1n) is 14.7. The first-order valence-corrected chi connectivity index (χ1v) is 18.6. The minimum Gasteiger partial charge on any atom is -0.414 e. The largest absolute Gasteiger partial charge is 0.414 e. The van der Waals surface area contributed by atoms with E-state index >= 15 is 0 Å². The number of rotatable bonds is 12. The van der Waals surface area contributed by atoms with Crippen LogP contribution in [-0.4, -0.2) is 60.9 Å². The lowest BCUT2D eigenvalue weighted by molar-refractivity contribution is -0.252. The fraction of sp³-hybridized carbons (Fsp3) is 0.677. The van der Waals surface area contributed by atoms with E-state index in [0.717, 1.165) is 5.56 Å². The Morgan fingerprint density at radius 1 is 0.846 bits per heavy atom. The average Bonchev–Trinajstić information content (AvgIpc) is 2.88. The van der Waals surface area contributed by atoms with Gasteiger partial charge in [0.05, 0.1) is 25.9 Å². The topological polar surface area (TPSA) is 55.4 Å². The third kappa shape index (κ3) is 7.04. The van der Waals surface area contributed by atoms with Crippen LogP contribution in [-0.2, 0) is 33.8 Å². The minimum absolute atomic E-state index is 0.206. The molecule has 0 amide bonds. The smallest absolute Gasteiger partial charge is 0.335 e. The normalized spacial score (nSPS) is 28.8. The van der Waals surface area contributed by atoms with Crippen LogP contribution in [0.3, 0.4) is 0 Å². The highest BCUT2D eigenvalue weighted by Crippen LogP contribution is 2.47. The third-order valence-electron chi connectivity index (χ3n) is 8.15. The summed E-state index contributed by atoms with van der Waals surface area (Å²) in [7, 11) is -5.54. The van der Waals surface area contributed by atoms with Crippen LogP contribution in [0.5, 0.6) is 0 Å². The molecule has 1 aromatic rings. The first kappa shape index (κ1) is 32.4. The highest BCUT2D eigenvalue weighted by molar-refractivity contribution is 6.83. The molecule has 1 aromatic carbocycles. The lowest BCUT2D eigenvalue weighted by Gasteiger charge is -2.55. The van der Waals surface area contributed by atoms with Gasteiger partial charge in [0, 0.05) is 0 Å². The molecular weight excluding hydrogens is 525 g/mol. The van der Waals surface area contributed by atoms with Crippen LogP contribution in [0.4, 0.5) is 0 Å². The first-order chi connectivity index (χ1) is 18.5. The van der Waals surface area contributed by atoms with Gasteiger partial charge in [-0.3, -0.25) is 0 Å². The maximum atomic E-state index is 7.41. The highest BCUT2D eigenvalue weighted by atomic mass is 28.5. The third-order valence-corrected chi connectivity index (χ3v) is 18.4. The number of benzene rings is 1. The summed E-state index contributed by atoms with van der Waals surface area (Å²) >= 11 is 0. The van der Waals surface area contributed by atoms with Crippen molar-refractivity contribution in [2.75, 3.05) is 13.2 Å². The van der Waals surface area contributed by atoms with Crippen molar-refractivity contribution in [3.63, 3.8) is 0 Å². The second-order valence-corrected chi connectivity index (χ2v) is 21.0. The molecule has 2 saturated heterocycles. The van der Waals surface area contributed by atoms with Gasteiger partial charge in [-0.25, -0.2) is 0 Å². The van der Waals surface area contributed by atoms with Crippen LogP contribution in [0.15, 0.2) is 55.6 Å². The molecule has 0 radical (unpaired) electrons. The van der Waals surface area contributed by atoms with Crippen LogP contribution in [0, 0.1) is 0 Å². The molecule has 0 bridgehead atoms. The second kappa shape index (κ2) is 14.2. The fourth-order valence-electron chi connectivity index (χ4n) is 6.10. The molecule has 0 spiro atoms. The van der Waals surface area contributed by atoms with Gasteiger partial charge >= 0.3 is 17.1 Å². The summed E-state index contributed by atoms with van der Waals surface area (Å²) in [5, 5.41) is 0. The zero-order valence-corrected chi connectivity index (χ0v) is 27.4. The Balaban J connectivity index is 2.11. The summed E-state index contributed by atoms with van der Waals surface area (Å²) in [6, 6.07) is 10.2. The van der Waals surface area contributed by atoms with Crippen molar-refractivity contribution in [3.8, 4) is 0 Å². The summed E-state index contributed by atoms with van der Waals surface area (Å²) < 4.78 is 41.7. The monoisotopic (exact) mass is 576 g/mol. The van der Waals surface area contributed by atoms with E-state index in [2.05, 4.69) is 80.7 Å². The second-order valence-electron chi connectivity index (χ2n) is 12.1. The summed E-state index contributed by atoms with van der Waals surface area (Å²) in [5.41, 5.74) is 2.05. The molecule has 2 heterocycles. The lowest BCUT2D eigenvalue weighted by Crippen LogP contribution is -2.70. The van der Waals surface area contributed by atoms with Gasteiger partial charge < -0.3 is 27.2 Å². The van der Waals surface area contributed by atoms with E-state index in [1.807, 2.05) is 24.3 Å². The van der Waals surface area contributed by atoms with Gasteiger partial charge in [0.2, 0.25) is 0 Å². The molecule has 3 rings (SSSR count). The van der Waals surface area contributed by atoms with E-state index in [9.17, 15) is 0 Å². The lowest BCUT2D eigenvalue weighted by atomic mass is 9.93. The molecule has 220 valence electrons. The Morgan fingerprint density at radius 3 is 2.00 bits per heavy atom.